The third-order valence-electron chi connectivity index (χ3n) is 9.05. The number of aromatic nitrogens is 4. The van der Waals surface area contributed by atoms with Gasteiger partial charge in [-0.05, 0) is 46.5 Å². The monoisotopic (exact) mass is 626 g/mol. The summed E-state index contributed by atoms with van der Waals surface area (Å²) >= 11 is 0. The van der Waals surface area contributed by atoms with Crippen LogP contribution in [-0.2, 0) is 0 Å². The van der Waals surface area contributed by atoms with Gasteiger partial charge in [-0.15, -0.1) is 0 Å². The second-order valence-electron chi connectivity index (χ2n) is 12.1. The van der Waals surface area contributed by atoms with E-state index in [0.29, 0.717) is 17.5 Å². The van der Waals surface area contributed by atoms with Crippen molar-refractivity contribution in [2.75, 3.05) is 0 Å². The SMILES string of the molecule is c1ccc(-c2cc(-c3ccccc3)c(-c3nc(-c4ccccc4)nc(-c4ccccc4)n3)c(-n3c4ccccc4c4ccccc43)c2)cc1. The number of benzene rings is 7. The van der Waals surface area contributed by atoms with E-state index in [1.54, 1.807) is 0 Å². The Morgan fingerprint density at radius 3 is 1.24 bits per heavy atom. The smallest absolute Gasteiger partial charge is 0.166 e. The average Bonchev–Trinajstić information content (AvgIpc) is 3.53. The van der Waals surface area contributed by atoms with Gasteiger partial charge in [0.2, 0.25) is 0 Å². The highest BCUT2D eigenvalue weighted by Crippen LogP contribution is 2.43. The van der Waals surface area contributed by atoms with Gasteiger partial charge in [0.05, 0.1) is 22.3 Å². The molecule has 9 aromatic rings. The zero-order valence-corrected chi connectivity index (χ0v) is 26.6. The minimum Gasteiger partial charge on any atom is -0.308 e. The molecule has 7 aromatic carbocycles. The summed E-state index contributed by atoms with van der Waals surface area (Å²) < 4.78 is 2.38. The first-order valence-electron chi connectivity index (χ1n) is 16.5. The van der Waals surface area contributed by atoms with Crippen LogP contribution in [0.4, 0.5) is 0 Å². The van der Waals surface area contributed by atoms with Gasteiger partial charge in [-0.2, -0.15) is 0 Å². The number of nitrogens with zero attached hydrogens (tertiary/aromatic N) is 4. The lowest BCUT2D eigenvalue weighted by Crippen LogP contribution is -2.05. The standard InChI is InChI=1S/C45H30N4/c1-5-17-31(18-6-1)35-29-38(32-19-7-2-8-20-32)42(41(30-35)49-39-27-15-13-25-36(39)37-26-14-16-28-40(37)49)45-47-43(33-21-9-3-10-22-33)46-44(48-45)34-23-11-4-12-24-34/h1-30H. The molecule has 0 amide bonds. The maximum absolute atomic E-state index is 5.28. The molecule has 2 aromatic heterocycles. The van der Waals surface area contributed by atoms with Gasteiger partial charge in [-0.3, -0.25) is 0 Å². The van der Waals surface area contributed by atoms with Gasteiger partial charge in [-0.1, -0.05) is 158 Å². The van der Waals surface area contributed by atoms with Crippen molar-refractivity contribution in [3.63, 3.8) is 0 Å². The maximum Gasteiger partial charge on any atom is 0.166 e. The summed E-state index contributed by atoms with van der Waals surface area (Å²) in [4.78, 5) is 15.6. The molecule has 9 rings (SSSR count). The van der Waals surface area contributed by atoms with Gasteiger partial charge < -0.3 is 4.57 Å². The lowest BCUT2D eigenvalue weighted by Gasteiger charge is -2.20. The van der Waals surface area contributed by atoms with E-state index in [2.05, 4.69) is 150 Å². The lowest BCUT2D eigenvalue weighted by molar-refractivity contribution is 1.06. The maximum atomic E-state index is 5.28. The van der Waals surface area contributed by atoms with Crippen LogP contribution in [0.15, 0.2) is 182 Å². The minimum atomic E-state index is 0.614. The summed E-state index contributed by atoms with van der Waals surface area (Å²) in [5.74, 6) is 1.87. The zero-order chi connectivity index (χ0) is 32.6. The van der Waals surface area contributed by atoms with Gasteiger partial charge in [0.15, 0.2) is 17.5 Å². The molecule has 0 N–H and O–H groups in total. The highest BCUT2D eigenvalue weighted by atomic mass is 15.1. The van der Waals surface area contributed by atoms with Crippen molar-refractivity contribution < 1.29 is 0 Å². The summed E-state index contributed by atoms with van der Waals surface area (Å²) in [6, 6.07) is 63.3. The van der Waals surface area contributed by atoms with Crippen LogP contribution < -0.4 is 0 Å². The number of fused-ring (bicyclic) bond motifs is 3. The van der Waals surface area contributed by atoms with E-state index >= 15 is 0 Å². The van der Waals surface area contributed by atoms with Gasteiger partial charge in [0.25, 0.3) is 0 Å². The van der Waals surface area contributed by atoms with Gasteiger partial charge in [0.1, 0.15) is 0 Å². The van der Waals surface area contributed by atoms with Crippen molar-refractivity contribution in [3.8, 4) is 62.1 Å². The van der Waals surface area contributed by atoms with Crippen molar-refractivity contribution >= 4 is 21.8 Å². The topological polar surface area (TPSA) is 43.6 Å². The Hall–Kier alpha value is -6.65. The minimum absolute atomic E-state index is 0.614. The molecule has 0 aliphatic rings. The number of hydrogen-bond donors (Lipinski definition) is 0. The fourth-order valence-electron chi connectivity index (χ4n) is 6.78. The van der Waals surface area contributed by atoms with Crippen LogP contribution in [0, 0.1) is 0 Å². The molecule has 0 aliphatic carbocycles. The molecule has 0 radical (unpaired) electrons. The normalized spacial score (nSPS) is 11.3. The van der Waals surface area contributed by atoms with Crippen LogP contribution in [-0.4, -0.2) is 19.5 Å². The van der Waals surface area contributed by atoms with Gasteiger partial charge >= 0.3 is 0 Å². The van der Waals surface area contributed by atoms with Crippen LogP contribution in [0.1, 0.15) is 0 Å². The molecule has 0 saturated carbocycles. The molecular formula is C45H30N4. The Kier molecular flexibility index (Phi) is 7.10. The summed E-state index contributed by atoms with van der Waals surface area (Å²) in [6.07, 6.45) is 0. The molecule has 0 spiro atoms. The molecule has 4 heteroatoms. The second kappa shape index (κ2) is 12.2. The van der Waals surface area contributed by atoms with E-state index in [4.69, 9.17) is 15.0 Å². The summed E-state index contributed by atoms with van der Waals surface area (Å²) in [5.41, 5.74) is 10.4. The van der Waals surface area contributed by atoms with Crippen molar-refractivity contribution in [2.24, 2.45) is 0 Å². The highest BCUT2D eigenvalue weighted by Gasteiger charge is 2.24. The first-order chi connectivity index (χ1) is 24.3. The van der Waals surface area contributed by atoms with E-state index in [1.165, 1.54) is 10.8 Å². The summed E-state index contributed by atoms with van der Waals surface area (Å²) in [5, 5.41) is 2.39. The van der Waals surface area contributed by atoms with E-state index in [9.17, 15) is 0 Å². The van der Waals surface area contributed by atoms with Gasteiger partial charge in [0, 0.05) is 21.9 Å². The van der Waals surface area contributed by atoms with Crippen LogP contribution in [0.2, 0.25) is 0 Å². The van der Waals surface area contributed by atoms with Crippen molar-refractivity contribution in [1.29, 1.82) is 0 Å². The largest absolute Gasteiger partial charge is 0.308 e. The molecule has 2 heterocycles. The highest BCUT2D eigenvalue weighted by molar-refractivity contribution is 6.10. The van der Waals surface area contributed by atoms with Crippen molar-refractivity contribution in [1.82, 2.24) is 19.5 Å². The first-order valence-corrected chi connectivity index (χ1v) is 16.5. The molecule has 230 valence electrons. The fraction of sp³-hybridized carbons (Fsp3) is 0. The molecular weight excluding hydrogens is 597 g/mol. The zero-order valence-electron chi connectivity index (χ0n) is 26.6. The van der Waals surface area contributed by atoms with E-state index < -0.39 is 0 Å². The Bertz CT molecular complexity index is 2470. The van der Waals surface area contributed by atoms with Crippen LogP contribution in [0.3, 0.4) is 0 Å². The summed E-state index contributed by atoms with van der Waals surface area (Å²) in [6.45, 7) is 0. The second-order valence-corrected chi connectivity index (χ2v) is 12.1. The third kappa shape index (κ3) is 5.16. The molecule has 4 nitrogen and oxygen atoms in total. The number of rotatable bonds is 6. The Balaban J connectivity index is 1.46. The Morgan fingerprint density at radius 2 is 0.735 bits per heavy atom. The fourth-order valence-corrected chi connectivity index (χ4v) is 6.78. The third-order valence-corrected chi connectivity index (χ3v) is 9.05. The van der Waals surface area contributed by atoms with Gasteiger partial charge in [-0.25, -0.2) is 15.0 Å². The first kappa shape index (κ1) is 28.6. The van der Waals surface area contributed by atoms with E-state index in [0.717, 1.165) is 55.7 Å². The van der Waals surface area contributed by atoms with Crippen LogP contribution in [0.5, 0.6) is 0 Å². The van der Waals surface area contributed by atoms with Crippen LogP contribution >= 0.6 is 0 Å². The van der Waals surface area contributed by atoms with Crippen molar-refractivity contribution in [2.45, 2.75) is 0 Å². The quantitative estimate of drug-likeness (QED) is 0.184. The molecule has 0 fully saturated rings. The Labute approximate surface area is 284 Å². The molecule has 0 saturated heterocycles. The van der Waals surface area contributed by atoms with Crippen molar-refractivity contribution in [3.05, 3.63) is 182 Å². The number of hydrogen-bond acceptors (Lipinski definition) is 3. The summed E-state index contributed by atoms with van der Waals surface area (Å²) in [7, 11) is 0. The Morgan fingerprint density at radius 1 is 0.327 bits per heavy atom. The predicted octanol–water partition coefficient (Wildman–Crippen LogP) is 11.3. The lowest BCUT2D eigenvalue weighted by atomic mass is 9.92. The molecule has 0 atom stereocenters. The molecule has 0 aliphatic heterocycles. The van der Waals surface area contributed by atoms with E-state index in [-0.39, 0.29) is 0 Å². The predicted molar refractivity (Wildman–Crippen MR) is 201 cm³/mol. The average molecular weight is 627 g/mol. The van der Waals surface area contributed by atoms with Crippen LogP contribution in [0.25, 0.3) is 83.9 Å². The molecule has 49 heavy (non-hydrogen) atoms. The molecule has 0 unspecified atom stereocenters. The molecule has 0 bridgehead atoms. The number of para-hydroxylation sites is 2. The van der Waals surface area contributed by atoms with E-state index in [1.807, 2.05) is 36.4 Å².